The van der Waals surface area contributed by atoms with Crippen LogP contribution < -0.4 is 15.4 Å². The van der Waals surface area contributed by atoms with Crippen molar-refractivity contribution >= 4 is 46.7 Å². The van der Waals surface area contributed by atoms with Crippen molar-refractivity contribution in [3.8, 4) is 11.4 Å². The van der Waals surface area contributed by atoms with E-state index in [1.165, 1.54) is 11.1 Å². The Morgan fingerprint density at radius 2 is 1.83 bits per heavy atom. The molecule has 0 atom stereocenters. The summed E-state index contributed by atoms with van der Waals surface area (Å²) in [5.74, 6) is 1.83. The van der Waals surface area contributed by atoms with Crippen molar-refractivity contribution in [2.45, 2.75) is 31.3 Å². The number of ether oxygens (including phenoxy) is 1. The van der Waals surface area contributed by atoms with Gasteiger partial charge in [0.15, 0.2) is 11.0 Å². The van der Waals surface area contributed by atoms with Crippen molar-refractivity contribution in [3.05, 3.63) is 93.7 Å². The molecule has 0 unspecified atom stereocenters. The van der Waals surface area contributed by atoms with Crippen LogP contribution in [0.3, 0.4) is 0 Å². The van der Waals surface area contributed by atoms with E-state index in [2.05, 4.69) is 39.9 Å². The minimum absolute atomic E-state index is 0.125. The molecule has 4 rings (SSSR count). The van der Waals surface area contributed by atoms with Crippen molar-refractivity contribution in [1.29, 1.82) is 0 Å². The van der Waals surface area contributed by atoms with Crippen molar-refractivity contribution in [2.75, 3.05) is 11.9 Å². The number of thioether (sulfide) groups is 1. The molecule has 2 N–H and O–H groups in total. The average molecular weight is 542 g/mol. The summed E-state index contributed by atoms with van der Waals surface area (Å²) in [6.07, 6.45) is 0. The highest BCUT2D eigenvalue weighted by molar-refractivity contribution is 7.98. The molecule has 1 heterocycles. The Morgan fingerprint density at radius 1 is 1.06 bits per heavy atom. The van der Waals surface area contributed by atoms with Gasteiger partial charge in [0.1, 0.15) is 5.75 Å². The second kappa shape index (κ2) is 12.2. The number of carbonyl (C=O) groups excluding carboxylic acids is 1. The Kier molecular flexibility index (Phi) is 8.74. The largest absolute Gasteiger partial charge is 0.492 e. The molecule has 0 radical (unpaired) electrons. The minimum atomic E-state index is -0.395. The first kappa shape index (κ1) is 25.9. The third kappa shape index (κ3) is 6.32. The van der Waals surface area contributed by atoms with E-state index >= 15 is 0 Å². The highest BCUT2D eigenvalue weighted by atomic mass is 35.5. The second-order valence-corrected chi connectivity index (χ2v) is 9.57. The lowest BCUT2D eigenvalue weighted by Crippen LogP contribution is -2.29. The zero-order valence-corrected chi connectivity index (χ0v) is 22.1. The Bertz CT molecular complexity index is 1360. The predicted molar refractivity (Wildman–Crippen MR) is 146 cm³/mol. The Morgan fingerprint density at radius 3 is 2.61 bits per heavy atom. The Balaban J connectivity index is 1.55. The molecule has 0 bridgehead atoms. The molecule has 0 aliphatic rings. The number of urea groups is 1. The SMILES string of the molecule is CCOc1ccccc1NC(=O)NCc1nnc(SCc2ccccc2C)n1-c1ccc(Cl)cc1Cl. The minimum Gasteiger partial charge on any atom is -0.492 e. The molecule has 0 fully saturated rings. The van der Waals surface area contributed by atoms with E-state index in [0.717, 1.165) is 0 Å². The summed E-state index contributed by atoms with van der Waals surface area (Å²) in [6.45, 7) is 4.59. The van der Waals surface area contributed by atoms with Crippen LogP contribution in [-0.4, -0.2) is 27.4 Å². The fraction of sp³-hybridized carbons (Fsp3) is 0.192. The van der Waals surface area contributed by atoms with Crippen LogP contribution in [0.2, 0.25) is 10.0 Å². The standard InChI is InChI=1S/C26H25Cl2N5O2S/c1-3-35-23-11-7-6-10-21(23)30-25(34)29-15-24-31-32-26(36-16-18-9-5-4-8-17(18)2)33(24)22-13-12-19(27)14-20(22)28/h4-14H,3,15-16H2,1-2H3,(H2,29,30,34). The molecule has 0 saturated heterocycles. The van der Waals surface area contributed by atoms with Crippen LogP contribution in [0.15, 0.2) is 71.9 Å². The van der Waals surface area contributed by atoms with Gasteiger partial charge in [-0.05, 0) is 55.3 Å². The molecule has 0 aliphatic heterocycles. The van der Waals surface area contributed by atoms with Gasteiger partial charge < -0.3 is 15.4 Å². The highest BCUT2D eigenvalue weighted by Gasteiger charge is 2.18. The van der Waals surface area contributed by atoms with Crippen molar-refractivity contribution in [2.24, 2.45) is 0 Å². The van der Waals surface area contributed by atoms with Crippen LogP contribution in [0.25, 0.3) is 5.69 Å². The van der Waals surface area contributed by atoms with Crippen LogP contribution in [0.4, 0.5) is 10.5 Å². The number of nitrogens with zero attached hydrogens (tertiary/aromatic N) is 3. The fourth-order valence-corrected chi connectivity index (χ4v) is 5.04. The van der Waals surface area contributed by atoms with Gasteiger partial charge in [-0.25, -0.2) is 4.79 Å². The first-order chi connectivity index (χ1) is 17.5. The Hall–Kier alpha value is -3.20. The zero-order chi connectivity index (χ0) is 25.5. The van der Waals surface area contributed by atoms with E-state index in [4.69, 9.17) is 27.9 Å². The van der Waals surface area contributed by atoms with Gasteiger partial charge in [0.05, 0.1) is 29.5 Å². The molecule has 0 aliphatic carbocycles. The summed E-state index contributed by atoms with van der Waals surface area (Å²) in [5.41, 5.74) is 3.66. The predicted octanol–water partition coefficient (Wildman–Crippen LogP) is 6.90. The molecule has 36 heavy (non-hydrogen) atoms. The number of halogens is 2. The van der Waals surface area contributed by atoms with Gasteiger partial charge in [-0.3, -0.25) is 4.57 Å². The smallest absolute Gasteiger partial charge is 0.319 e. The van der Waals surface area contributed by atoms with Gasteiger partial charge in [0, 0.05) is 10.8 Å². The number of nitrogens with one attached hydrogen (secondary N) is 2. The molecule has 1 aromatic heterocycles. The lowest BCUT2D eigenvalue weighted by atomic mass is 10.1. The van der Waals surface area contributed by atoms with Gasteiger partial charge in [-0.15, -0.1) is 10.2 Å². The molecule has 0 spiro atoms. The van der Waals surface area contributed by atoms with Gasteiger partial charge >= 0.3 is 6.03 Å². The van der Waals surface area contributed by atoms with Crippen LogP contribution >= 0.6 is 35.0 Å². The zero-order valence-electron chi connectivity index (χ0n) is 19.8. The maximum Gasteiger partial charge on any atom is 0.319 e. The molecular formula is C26H25Cl2N5O2S. The monoisotopic (exact) mass is 541 g/mol. The molecule has 0 saturated carbocycles. The first-order valence-electron chi connectivity index (χ1n) is 11.3. The number of hydrogen-bond acceptors (Lipinski definition) is 5. The molecule has 186 valence electrons. The number of benzene rings is 3. The van der Waals surface area contributed by atoms with Gasteiger partial charge in [0.2, 0.25) is 0 Å². The molecule has 2 amide bonds. The van der Waals surface area contributed by atoms with Crippen LogP contribution in [-0.2, 0) is 12.3 Å². The lowest BCUT2D eigenvalue weighted by molar-refractivity contribution is 0.251. The second-order valence-electron chi connectivity index (χ2n) is 7.78. The fourth-order valence-electron chi connectivity index (χ4n) is 3.50. The number of amides is 2. The number of para-hydroxylation sites is 2. The maximum absolute atomic E-state index is 12.7. The van der Waals surface area contributed by atoms with E-state index in [1.54, 1.807) is 36.0 Å². The number of aromatic nitrogens is 3. The highest BCUT2D eigenvalue weighted by Crippen LogP contribution is 2.31. The summed E-state index contributed by atoms with van der Waals surface area (Å²) in [4.78, 5) is 12.7. The van der Waals surface area contributed by atoms with Crippen LogP contribution in [0.5, 0.6) is 5.75 Å². The quantitative estimate of drug-likeness (QED) is 0.225. The maximum atomic E-state index is 12.7. The van der Waals surface area contributed by atoms with E-state index in [9.17, 15) is 4.79 Å². The number of anilines is 1. The topological polar surface area (TPSA) is 81.1 Å². The molecule has 4 aromatic rings. The van der Waals surface area contributed by atoms with Crippen LogP contribution in [0, 0.1) is 6.92 Å². The van der Waals surface area contributed by atoms with E-state index in [0.29, 0.717) is 50.5 Å². The van der Waals surface area contributed by atoms with Crippen molar-refractivity contribution in [3.63, 3.8) is 0 Å². The van der Waals surface area contributed by atoms with E-state index in [1.807, 2.05) is 41.8 Å². The molecule has 3 aromatic carbocycles. The number of hydrogen-bond donors (Lipinski definition) is 2. The Labute approximate surface area is 224 Å². The van der Waals surface area contributed by atoms with Gasteiger partial charge in [-0.2, -0.15) is 0 Å². The third-order valence-corrected chi connectivity index (χ3v) is 6.83. The molecule has 7 nitrogen and oxygen atoms in total. The summed E-state index contributed by atoms with van der Waals surface area (Å²) in [6, 6.07) is 20.3. The normalized spacial score (nSPS) is 10.8. The van der Waals surface area contributed by atoms with Crippen molar-refractivity contribution in [1.82, 2.24) is 20.1 Å². The van der Waals surface area contributed by atoms with Gasteiger partial charge in [0.25, 0.3) is 0 Å². The molecular weight excluding hydrogens is 517 g/mol. The lowest BCUT2D eigenvalue weighted by Gasteiger charge is -2.14. The summed E-state index contributed by atoms with van der Waals surface area (Å²) in [7, 11) is 0. The number of carbonyl (C=O) groups is 1. The first-order valence-corrected chi connectivity index (χ1v) is 13.0. The molecule has 10 heteroatoms. The van der Waals surface area contributed by atoms with Crippen molar-refractivity contribution < 1.29 is 9.53 Å². The third-order valence-electron chi connectivity index (χ3n) is 5.31. The average Bonchev–Trinajstić information content (AvgIpc) is 3.26. The van der Waals surface area contributed by atoms with Crippen LogP contribution in [0.1, 0.15) is 23.9 Å². The number of rotatable bonds is 9. The number of aryl methyl sites for hydroxylation is 1. The summed E-state index contributed by atoms with van der Waals surface area (Å²) < 4.78 is 7.42. The summed E-state index contributed by atoms with van der Waals surface area (Å²) in [5, 5.41) is 16.0. The van der Waals surface area contributed by atoms with Gasteiger partial charge in [-0.1, -0.05) is 71.4 Å². The van der Waals surface area contributed by atoms with E-state index in [-0.39, 0.29) is 6.54 Å². The van der Waals surface area contributed by atoms with E-state index < -0.39 is 6.03 Å². The summed E-state index contributed by atoms with van der Waals surface area (Å²) >= 11 is 14.2.